The minimum absolute atomic E-state index is 0.193. The van der Waals surface area contributed by atoms with Crippen molar-refractivity contribution in [3.05, 3.63) is 65.5 Å². The zero-order valence-electron chi connectivity index (χ0n) is 18.1. The van der Waals surface area contributed by atoms with Crippen molar-refractivity contribution in [3.63, 3.8) is 0 Å². The Kier molecular flexibility index (Phi) is 7.67. The summed E-state index contributed by atoms with van der Waals surface area (Å²) in [6, 6.07) is 14.0. The van der Waals surface area contributed by atoms with Gasteiger partial charge in [0.2, 0.25) is 15.9 Å². The van der Waals surface area contributed by atoms with E-state index in [-0.39, 0.29) is 18.7 Å². The van der Waals surface area contributed by atoms with E-state index in [0.29, 0.717) is 12.5 Å². The topological polar surface area (TPSA) is 69.7 Å². The van der Waals surface area contributed by atoms with Crippen molar-refractivity contribution in [1.82, 2.24) is 9.62 Å². The van der Waals surface area contributed by atoms with Gasteiger partial charge in [-0.3, -0.25) is 4.79 Å². The molecule has 1 atom stereocenters. The fourth-order valence-electron chi connectivity index (χ4n) is 3.77. The lowest BCUT2D eigenvalue weighted by Gasteiger charge is -2.32. The zero-order valence-corrected chi connectivity index (χ0v) is 18.9. The first-order valence-electron chi connectivity index (χ1n) is 10.5. The van der Waals surface area contributed by atoms with Crippen LogP contribution in [0.5, 0.6) is 0 Å². The number of hydrogen-bond donors (Lipinski definition) is 1. The Morgan fingerprint density at radius 1 is 1.19 bits per heavy atom. The van der Waals surface area contributed by atoms with Crippen LogP contribution >= 0.6 is 0 Å². The first-order valence-corrected chi connectivity index (χ1v) is 12.4. The average Bonchev–Trinajstić information content (AvgIpc) is 2.73. The average molecular weight is 448 g/mol. The maximum Gasteiger partial charge on any atom is 0.235 e. The van der Waals surface area contributed by atoms with E-state index in [1.54, 1.807) is 6.07 Å². The number of rotatable bonds is 8. The quantitative estimate of drug-likeness (QED) is 0.675. The maximum absolute atomic E-state index is 13.9. The third-order valence-corrected chi connectivity index (χ3v) is 6.74. The number of nitrogens with one attached hydrogen (secondary N) is 1. The number of amides is 1. The van der Waals surface area contributed by atoms with Gasteiger partial charge in [0, 0.05) is 37.4 Å². The van der Waals surface area contributed by atoms with Gasteiger partial charge >= 0.3 is 0 Å². The van der Waals surface area contributed by atoms with Gasteiger partial charge in [-0.05, 0) is 42.5 Å². The summed E-state index contributed by atoms with van der Waals surface area (Å²) in [5.41, 5.74) is 2.33. The highest BCUT2D eigenvalue weighted by Gasteiger charge is 2.22. The monoisotopic (exact) mass is 447 g/mol. The normalized spacial score (nSPS) is 17.0. The number of nitrogens with zero attached hydrogens (tertiary/aromatic N) is 2. The van der Waals surface area contributed by atoms with E-state index in [4.69, 9.17) is 0 Å². The fourth-order valence-corrected chi connectivity index (χ4v) is 4.50. The molecule has 1 saturated heterocycles. The van der Waals surface area contributed by atoms with Crippen LogP contribution in [0, 0.1) is 11.7 Å². The molecule has 0 unspecified atom stereocenters. The second-order valence-electron chi connectivity index (χ2n) is 8.26. The van der Waals surface area contributed by atoms with E-state index < -0.39 is 21.7 Å². The predicted molar refractivity (Wildman–Crippen MR) is 121 cm³/mol. The Balaban J connectivity index is 1.56. The summed E-state index contributed by atoms with van der Waals surface area (Å²) in [5.74, 6) is -0.245. The molecule has 2 aromatic carbocycles. The Bertz CT molecular complexity index is 995. The largest absolute Gasteiger partial charge is 0.371 e. The van der Waals surface area contributed by atoms with Gasteiger partial charge in [0.15, 0.2) is 0 Å². The third-order valence-electron chi connectivity index (χ3n) is 5.54. The Labute approximate surface area is 184 Å². The third kappa shape index (κ3) is 6.77. The minimum Gasteiger partial charge on any atom is -0.371 e. The first kappa shape index (κ1) is 23.2. The van der Waals surface area contributed by atoms with E-state index in [1.807, 2.05) is 12.1 Å². The van der Waals surface area contributed by atoms with Crippen LogP contribution in [0.25, 0.3) is 0 Å². The minimum atomic E-state index is -3.68. The lowest BCUT2D eigenvalue weighted by Crippen LogP contribution is -2.39. The molecule has 1 aliphatic rings. The molecule has 168 valence electrons. The summed E-state index contributed by atoms with van der Waals surface area (Å²) < 4.78 is 39.1. The van der Waals surface area contributed by atoms with Crippen LogP contribution < -0.4 is 10.2 Å². The van der Waals surface area contributed by atoms with E-state index in [1.165, 1.54) is 36.7 Å². The molecule has 1 fully saturated rings. The van der Waals surface area contributed by atoms with E-state index >= 15 is 0 Å². The van der Waals surface area contributed by atoms with E-state index in [0.717, 1.165) is 29.2 Å². The number of piperidine rings is 1. The number of benzene rings is 2. The summed E-state index contributed by atoms with van der Waals surface area (Å²) in [5, 5.41) is 2.76. The summed E-state index contributed by atoms with van der Waals surface area (Å²) >= 11 is 0. The van der Waals surface area contributed by atoms with E-state index in [2.05, 4.69) is 29.3 Å². The van der Waals surface area contributed by atoms with Crippen LogP contribution in [0.1, 0.15) is 30.9 Å². The fraction of sp³-hybridized carbons (Fsp3) is 0.435. The second-order valence-corrected chi connectivity index (χ2v) is 10.2. The van der Waals surface area contributed by atoms with Crippen molar-refractivity contribution in [2.75, 3.05) is 30.8 Å². The molecule has 0 aliphatic carbocycles. The van der Waals surface area contributed by atoms with Crippen molar-refractivity contribution in [2.45, 2.75) is 32.9 Å². The maximum atomic E-state index is 13.9. The van der Waals surface area contributed by atoms with Gasteiger partial charge in [-0.25, -0.2) is 12.8 Å². The highest BCUT2D eigenvalue weighted by atomic mass is 32.2. The first-order chi connectivity index (χ1) is 14.7. The molecule has 0 spiro atoms. The molecule has 1 heterocycles. The molecule has 8 heteroatoms. The summed E-state index contributed by atoms with van der Waals surface area (Å²) in [7, 11) is -3.68. The highest BCUT2D eigenvalue weighted by Crippen LogP contribution is 2.23. The predicted octanol–water partition coefficient (Wildman–Crippen LogP) is 3.14. The van der Waals surface area contributed by atoms with Crippen molar-refractivity contribution in [3.8, 4) is 0 Å². The number of halogens is 1. The van der Waals surface area contributed by atoms with Gasteiger partial charge in [-0.2, -0.15) is 4.31 Å². The van der Waals surface area contributed by atoms with Gasteiger partial charge in [-0.1, -0.05) is 37.3 Å². The SMILES string of the molecule is C[C@@H]1CCCN(c2ccc(CNC(=O)CN(Cc3ccccc3F)S(C)(=O)=O)cc2)C1. The van der Waals surface area contributed by atoms with Crippen LogP contribution in [0.2, 0.25) is 0 Å². The van der Waals surface area contributed by atoms with Crippen LogP contribution in [0.3, 0.4) is 0 Å². The van der Waals surface area contributed by atoms with Crippen molar-refractivity contribution in [1.29, 1.82) is 0 Å². The van der Waals surface area contributed by atoms with Gasteiger partial charge in [0.25, 0.3) is 0 Å². The molecule has 1 aliphatic heterocycles. The Hall–Kier alpha value is -2.45. The number of hydrogen-bond acceptors (Lipinski definition) is 4. The van der Waals surface area contributed by atoms with Crippen LogP contribution in [-0.4, -0.2) is 44.5 Å². The zero-order chi connectivity index (χ0) is 22.4. The van der Waals surface area contributed by atoms with Gasteiger partial charge in [0.05, 0.1) is 12.8 Å². The number of sulfonamides is 1. The van der Waals surface area contributed by atoms with Crippen LogP contribution in [0.4, 0.5) is 10.1 Å². The molecule has 3 rings (SSSR count). The number of carbonyl (C=O) groups excluding carboxylic acids is 1. The van der Waals surface area contributed by atoms with Gasteiger partial charge < -0.3 is 10.2 Å². The molecule has 1 amide bonds. The van der Waals surface area contributed by atoms with E-state index in [9.17, 15) is 17.6 Å². The van der Waals surface area contributed by atoms with Crippen LogP contribution in [0.15, 0.2) is 48.5 Å². The molecular weight excluding hydrogens is 417 g/mol. The molecule has 0 radical (unpaired) electrons. The summed E-state index contributed by atoms with van der Waals surface area (Å²) in [4.78, 5) is 14.8. The molecule has 0 saturated carbocycles. The molecule has 0 bridgehead atoms. The highest BCUT2D eigenvalue weighted by molar-refractivity contribution is 7.88. The molecule has 31 heavy (non-hydrogen) atoms. The molecule has 2 aromatic rings. The molecule has 0 aromatic heterocycles. The van der Waals surface area contributed by atoms with Crippen molar-refractivity contribution < 1.29 is 17.6 Å². The molecular formula is C23H30FN3O3S. The number of carbonyl (C=O) groups is 1. The lowest BCUT2D eigenvalue weighted by atomic mass is 9.99. The van der Waals surface area contributed by atoms with Crippen molar-refractivity contribution >= 4 is 21.6 Å². The second kappa shape index (κ2) is 10.2. The molecule has 6 nitrogen and oxygen atoms in total. The number of anilines is 1. The summed E-state index contributed by atoms with van der Waals surface area (Å²) in [6.45, 7) is 4.12. The Morgan fingerprint density at radius 3 is 2.55 bits per heavy atom. The molecule has 1 N–H and O–H groups in total. The van der Waals surface area contributed by atoms with Crippen LogP contribution in [-0.2, 0) is 27.9 Å². The van der Waals surface area contributed by atoms with Gasteiger partial charge in [-0.15, -0.1) is 0 Å². The lowest BCUT2D eigenvalue weighted by molar-refractivity contribution is -0.121. The summed E-state index contributed by atoms with van der Waals surface area (Å²) in [6.07, 6.45) is 3.48. The van der Waals surface area contributed by atoms with Gasteiger partial charge in [0.1, 0.15) is 5.82 Å². The Morgan fingerprint density at radius 2 is 1.90 bits per heavy atom. The van der Waals surface area contributed by atoms with Crippen molar-refractivity contribution in [2.24, 2.45) is 5.92 Å². The standard InChI is InChI=1S/C23H30FN3O3S/c1-18-6-5-13-26(15-18)21-11-9-19(10-12-21)14-25-23(28)17-27(31(2,29)30)16-20-7-3-4-8-22(20)24/h3-4,7-12,18H,5-6,13-17H2,1-2H3,(H,25,28)/t18-/m1/s1. The smallest absolute Gasteiger partial charge is 0.235 e.